The topological polar surface area (TPSA) is 87.7 Å². The lowest BCUT2D eigenvalue weighted by atomic mass is 10.1. The van der Waals surface area contributed by atoms with E-state index in [0.29, 0.717) is 17.4 Å². The fourth-order valence-electron chi connectivity index (χ4n) is 2.50. The van der Waals surface area contributed by atoms with Crippen LogP contribution in [0.3, 0.4) is 0 Å². The summed E-state index contributed by atoms with van der Waals surface area (Å²) < 4.78 is 5.07. The lowest BCUT2D eigenvalue weighted by molar-refractivity contribution is -0.139. The van der Waals surface area contributed by atoms with Crippen LogP contribution in [0.5, 0.6) is 5.75 Å². The van der Waals surface area contributed by atoms with Gasteiger partial charge in [-0.3, -0.25) is 0 Å². The lowest BCUT2D eigenvalue weighted by Gasteiger charge is -2.17. The highest BCUT2D eigenvalue weighted by Gasteiger charge is 2.24. The largest absolute Gasteiger partial charge is 0.482 e. The van der Waals surface area contributed by atoms with Gasteiger partial charge in [0.15, 0.2) is 6.61 Å². The highest BCUT2D eigenvalue weighted by molar-refractivity contribution is 5.89. The Bertz CT molecular complexity index is 518. The van der Waals surface area contributed by atoms with Gasteiger partial charge in [0.1, 0.15) is 5.75 Å². The number of ether oxygens (including phenoxy) is 1. The smallest absolute Gasteiger partial charge is 0.341 e. The van der Waals surface area contributed by atoms with Crippen molar-refractivity contribution in [3.8, 4) is 5.75 Å². The number of anilines is 1. The predicted molar refractivity (Wildman–Crippen MR) is 78.5 cm³/mol. The standard InChI is InChI=1S/C15H20N2O4/c1-10-4-2-7-13(10)17-15(20)16-11-5-3-6-12(8-11)21-9-14(18)19/h3,5-6,8,10,13H,2,4,7,9H2,1H3,(H,18,19)(H2,16,17,20). The molecule has 0 aliphatic heterocycles. The summed E-state index contributed by atoms with van der Waals surface area (Å²) in [5.74, 6) is -0.133. The Kier molecular flexibility index (Phi) is 5.03. The predicted octanol–water partition coefficient (Wildman–Crippen LogP) is 2.46. The Balaban J connectivity index is 1.88. The van der Waals surface area contributed by atoms with E-state index >= 15 is 0 Å². The van der Waals surface area contributed by atoms with Crippen LogP contribution in [0.1, 0.15) is 26.2 Å². The lowest BCUT2D eigenvalue weighted by Crippen LogP contribution is -2.39. The van der Waals surface area contributed by atoms with Crippen LogP contribution in [-0.2, 0) is 4.79 Å². The molecule has 1 aliphatic rings. The number of carboxylic acids is 1. The van der Waals surface area contributed by atoms with Gasteiger partial charge in [-0.05, 0) is 30.9 Å². The molecule has 6 heteroatoms. The molecule has 2 atom stereocenters. The van der Waals surface area contributed by atoms with Crippen molar-refractivity contribution in [3.05, 3.63) is 24.3 Å². The number of nitrogens with one attached hydrogen (secondary N) is 2. The van der Waals surface area contributed by atoms with E-state index in [1.807, 2.05) is 0 Å². The summed E-state index contributed by atoms with van der Waals surface area (Å²) in [4.78, 5) is 22.4. The zero-order valence-electron chi connectivity index (χ0n) is 12.0. The maximum atomic E-state index is 11.9. The third-order valence-corrected chi connectivity index (χ3v) is 3.63. The van der Waals surface area contributed by atoms with Crippen molar-refractivity contribution in [3.63, 3.8) is 0 Å². The molecule has 1 aromatic carbocycles. The number of hydrogen-bond donors (Lipinski definition) is 3. The summed E-state index contributed by atoms with van der Waals surface area (Å²) >= 11 is 0. The van der Waals surface area contributed by atoms with Gasteiger partial charge in [0.2, 0.25) is 0 Å². The van der Waals surface area contributed by atoms with Gasteiger partial charge in [0.25, 0.3) is 0 Å². The van der Waals surface area contributed by atoms with E-state index in [1.165, 1.54) is 0 Å². The molecular formula is C15H20N2O4. The van der Waals surface area contributed by atoms with Crippen LogP contribution in [0.4, 0.5) is 10.5 Å². The zero-order chi connectivity index (χ0) is 15.2. The fraction of sp³-hybridized carbons (Fsp3) is 0.467. The average Bonchev–Trinajstić information content (AvgIpc) is 2.82. The molecule has 2 unspecified atom stereocenters. The highest BCUT2D eigenvalue weighted by Crippen LogP contribution is 2.25. The maximum Gasteiger partial charge on any atom is 0.341 e. The third kappa shape index (κ3) is 4.66. The molecule has 1 aromatic rings. The molecule has 0 radical (unpaired) electrons. The van der Waals surface area contributed by atoms with Crippen LogP contribution in [0.25, 0.3) is 0 Å². The number of hydrogen-bond acceptors (Lipinski definition) is 3. The number of rotatable bonds is 5. The Hall–Kier alpha value is -2.24. The molecule has 21 heavy (non-hydrogen) atoms. The number of urea groups is 1. The summed E-state index contributed by atoms with van der Waals surface area (Å²) in [5.41, 5.74) is 0.570. The van der Waals surface area contributed by atoms with Crippen molar-refractivity contribution in [1.82, 2.24) is 5.32 Å². The second-order valence-electron chi connectivity index (χ2n) is 5.32. The second-order valence-corrected chi connectivity index (χ2v) is 5.32. The molecule has 0 bridgehead atoms. The monoisotopic (exact) mass is 292 g/mol. The summed E-state index contributed by atoms with van der Waals surface area (Å²) in [5, 5.41) is 14.3. The number of carbonyl (C=O) groups excluding carboxylic acids is 1. The quantitative estimate of drug-likeness (QED) is 0.778. The van der Waals surface area contributed by atoms with Gasteiger partial charge < -0.3 is 20.5 Å². The van der Waals surface area contributed by atoms with Crippen LogP contribution in [0.15, 0.2) is 24.3 Å². The molecule has 0 saturated heterocycles. The van der Waals surface area contributed by atoms with Crippen molar-refractivity contribution in [2.45, 2.75) is 32.2 Å². The zero-order valence-corrected chi connectivity index (χ0v) is 12.0. The molecule has 2 rings (SSSR count). The molecule has 0 heterocycles. The molecule has 3 N–H and O–H groups in total. The molecule has 114 valence electrons. The van der Waals surface area contributed by atoms with Gasteiger partial charge in [-0.15, -0.1) is 0 Å². The van der Waals surface area contributed by atoms with E-state index in [1.54, 1.807) is 24.3 Å². The molecule has 2 amide bonds. The first kappa shape index (κ1) is 15.2. The first-order chi connectivity index (χ1) is 10.0. The normalized spacial score (nSPS) is 20.8. The molecule has 1 saturated carbocycles. The van der Waals surface area contributed by atoms with Gasteiger partial charge in [-0.2, -0.15) is 0 Å². The maximum absolute atomic E-state index is 11.9. The number of amides is 2. The van der Waals surface area contributed by atoms with E-state index in [-0.39, 0.29) is 12.1 Å². The van der Waals surface area contributed by atoms with E-state index in [9.17, 15) is 9.59 Å². The van der Waals surface area contributed by atoms with Crippen molar-refractivity contribution in [2.75, 3.05) is 11.9 Å². The molecule has 1 aliphatic carbocycles. The number of carboxylic acid groups (broad SMARTS) is 1. The van der Waals surface area contributed by atoms with Crippen molar-refractivity contribution >= 4 is 17.7 Å². The first-order valence-electron chi connectivity index (χ1n) is 7.07. The third-order valence-electron chi connectivity index (χ3n) is 3.63. The Morgan fingerprint density at radius 2 is 2.19 bits per heavy atom. The minimum absolute atomic E-state index is 0.219. The van der Waals surface area contributed by atoms with Gasteiger partial charge >= 0.3 is 12.0 Å². The van der Waals surface area contributed by atoms with Crippen molar-refractivity contribution < 1.29 is 19.4 Å². The Morgan fingerprint density at radius 3 is 2.86 bits per heavy atom. The minimum Gasteiger partial charge on any atom is -0.482 e. The van der Waals surface area contributed by atoms with E-state index in [4.69, 9.17) is 9.84 Å². The van der Waals surface area contributed by atoms with E-state index < -0.39 is 12.6 Å². The number of carbonyl (C=O) groups is 2. The van der Waals surface area contributed by atoms with Crippen LogP contribution < -0.4 is 15.4 Å². The summed E-state index contributed by atoms with van der Waals surface area (Å²) in [6.07, 6.45) is 3.30. The minimum atomic E-state index is -1.04. The van der Waals surface area contributed by atoms with Crippen molar-refractivity contribution in [2.24, 2.45) is 5.92 Å². The highest BCUT2D eigenvalue weighted by atomic mass is 16.5. The SMILES string of the molecule is CC1CCCC1NC(=O)Nc1cccc(OCC(=O)O)c1. The van der Waals surface area contributed by atoms with Gasteiger partial charge in [0.05, 0.1) is 0 Å². The Labute approximate surface area is 123 Å². The average molecular weight is 292 g/mol. The van der Waals surface area contributed by atoms with E-state index in [0.717, 1.165) is 19.3 Å². The fourth-order valence-corrected chi connectivity index (χ4v) is 2.50. The molecule has 6 nitrogen and oxygen atoms in total. The Morgan fingerprint density at radius 1 is 1.38 bits per heavy atom. The summed E-state index contributed by atoms with van der Waals surface area (Å²) in [6.45, 7) is 1.73. The van der Waals surface area contributed by atoms with E-state index in [2.05, 4.69) is 17.6 Å². The number of benzene rings is 1. The van der Waals surface area contributed by atoms with Gasteiger partial charge in [-0.1, -0.05) is 19.4 Å². The van der Waals surface area contributed by atoms with Crippen molar-refractivity contribution in [1.29, 1.82) is 0 Å². The molecule has 0 spiro atoms. The summed E-state index contributed by atoms with van der Waals surface area (Å²) in [6, 6.07) is 6.64. The van der Waals surface area contributed by atoms with Crippen LogP contribution >= 0.6 is 0 Å². The first-order valence-corrected chi connectivity index (χ1v) is 7.07. The molecule has 0 aromatic heterocycles. The second kappa shape index (κ2) is 6.97. The molecular weight excluding hydrogens is 272 g/mol. The number of aliphatic carboxylic acids is 1. The molecule has 1 fully saturated rings. The van der Waals surface area contributed by atoms with Crippen LogP contribution in [0, 0.1) is 5.92 Å². The van der Waals surface area contributed by atoms with Crippen LogP contribution in [0.2, 0.25) is 0 Å². The van der Waals surface area contributed by atoms with Crippen LogP contribution in [-0.4, -0.2) is 29.8 Å². The summed E-state index contributed by atoms with van der Waals surface area (Å²) in [7, 11) is 0. The van der Waals surface area contributed by atoms with Gasteiger partial charge in [0, 0.05) is 17.8 Å². The van der Waals surface area contributed by atoms with Gasteiger partial charge in [-0.25, -0.2) is 9.59 Å².